The van der Waals surface area contributed by atoms with Crippen LogP contribution in [-0.2, 0) is 14.3 Å². The molecule has 5 nitrogen and oxygen atoms in total. The molecule has 5 rings (SSSR count). The lowest BCUT2D eigenvalue weighted by Gasteiger charge is -2.53. The number of fused-ring (bicyclic) bond motifs is 4. The molecule has 0 aromatic heterocycles. The van der Waals surface area contributed by atoms with E-state index in [1.807, 2.05) is 18.2 Å². The second-order valence-electron chi connectivity index (χ2n) is 9.03. The van der Waals surface area contributed by atoms with Crippen molar-refractivity contribution in [3.05, 3.63) is 28.8 Å². The SMILES string of the molecule is O=C(CC1CCOCC1)N1CCC2(CC1)Oc1ccc(Cl)cc1[C@H]1OCCC[C@@H]12. The van der Waals surface area contributed by atoms with Crippen LogP contribution in [0, 0.1) is 11.8 Å². The largest absolute Gasteiger partial charge is 0.486 e. The monoisotopic (exact) mass is 419 g/mol. The van der Waals surface area contributed by atoms with E-state index in [-0.39, 0.29) is 11.7 Å². The van der Waals surface area contributed by atoms with Gasteiger partial charge in [-0.2, -0.15) is 0 Å². The zero-order valence-corrected chi connectivity index (χ0v) is 17.7. The number of likely N-dealkylation sites (tertiary alicyclic amines) is 1. The molecule has 4 aliphatic rings. The van der Waals surface area contributed by atoms with Crippen LogP contribution in [0.1, 0.15) is 56.6 Å². The van der Waals surface area contributed by atoms with Gasteiger partial charge in [-0.3, -0.25) is 4.79 Å². The summed E-state index contributed by atoms with van der Waals surface area (Å²) < 4.78 is 18.3. The maximum atomic E-state index is 12.9. The lowest BCUT2D eigenvalue weighted by Crippen LogP contribution is -2.57. The summed E-state index contributed by atoms with van der Waals surface area (Å²) >= 11 is 6.26. The fourth-order valence-electron chi connectivity index (χ4n) is 5.69. The van der Waals surface area contributed by atoms with Gasteiger partial charge in [0.2, 0.25) is 5.91 Å². The molecule has 0 N–H and O–H groups in total. The van der Waals surface area contributed by atoms with Crippen LogP contribution in [0.3, 0.4) is 0 Å². The summed E-state index contributed by atoms with van der Waals surface area (Å²) in [5.74, 6) is 2.01. The summed E-state index contributed by atoms with van der Waals surface area (Å²) in [6, 6.07) is 5.87. The third-order valence-electron chi connectivity index (χ3n) is 7.36. The number of halogens is 1. The number of ether oxygens (including phenoxy) is 3. The van der Waals surface area contributed by atoms with Gasteiger partial charge in [-0.05, 0) is 49.8 Å². The molecule has 1 amide bonds. The minimum atomic E-state index is -0.235. The predicted molar refractivity (Wildman–Crippen MR) is 110 cm³/mol. The van der Waals surface area contributed by atoms with Crippen LogP contribution >= 0.6 is 11.6 Å². The molecule has 6 heteroatoms. The molecule has 158 valence electrons. The Bertz CT molecular complexity index is 755. The molecule has 4 aliphatic heterocycles. The molecule has 1 spiro atoms. The van der Waals surface area contributed by atoms with Crippen LogP contribution in [0.15, 0.2) is 18.2 Å². The van der Waals surface area contributed by atoms with Crippen LogP contribution in [-0.4, -0.2) is 49.3 Å². The molecule has 0 aliphatic carbocycles. The van der Waals surface area contributed by atoms with Gasteiger partial charge in [0.1, 0.15) is 11.4 Å². The third-order valence-corrected chi connectivity index (χ3v) is 7.59. The normalized spacial score (nSPS) is 29.1. The van der Waals surface area contributed by atoms with Gasteiger partial charge >= 0.3 is 0 Å². The average Bonchev–Trinajstić information content (AvgIpc) is 2.76. The Morgan fingerprint density at radius 3 is 2.72 bits per heavy atom. The minimum Gasteiger partial charge on any atom is -0.486 e. The number of hydrogen-bond donors (Lipinski definition) is 0. The lowest BCUT2D eigenvalue weighted by molar-refractivity contribution is -0.157. The van der Waals surface area contributed by atoms with Crippen molar-refractivity contribution < 1.29 is 19.0 Å². The van der Waals surface area contributed by atoms with E-state index in [4.69, 9.17) is 25.8 Å². The van der Waals surface area contributed by atoms with E-state index in [0.717, 1.165) is 87.8 Å². The molecule has 0 saturated carbocycles. The first kappa shape index (κ1) is 19.7. The van der Waals surface area contributed by atoms with E-state index in [2.05, 4.69) is 4.90 Å². The average molecular weight is 420 g/mol. The quantitative estimate of drug-likeness (QED) is 0.713. The number of hydrogen-bond acceptors (Lipinski definition) is 4. The highest BCUT2D eigenvalue weighted by Crippen LogP contribution is 2.53. The maximum Gasteiger partial charge on any atom is 0.222 e. The summed E-state index contributed by atoms with van der Waals surface area (Å²) in [5.41, 5.74) is 0.854. The highest BCUT2D eigenvalue weighted by molar-refractivity contribution is 6.30. The second-order valence-corrected chi connectivity index (χ2v) is 9.47. The molecule has 0 radical (unpaired) electrons. The van der Waals surface area contributed by atoms with Crippen LogP contribution in [0.4, 0.5) is 0 Å². The molecule has 0 unspecified atom stereocenters. The number of nitrogens with zero attached hydrogens (tertiary/aromatic N) is 1. The molecule has 2 atom stereocenters. The number of carbonyl (C=O) groups is 1. The maximum absolute atomic E-state index is 12.9. The first-order chi connectivity index (χ1) is 14.1. The second kappa shape index (κ2) is 8.09. The number of amides is 1. The van der Waals surface area contributed by atoms with Crippen molar-refractivity contribution in [1.82, 2.24) is 4.90 Å². The molecule has 3 saturated heterocycles. The van der Waals surface area contributed by atoms with Crippen molar-refractivity contribution >= 4 is 17.5 Å². The van der Waals surface area contributed by atoms with Crippen molar-refractivity contribution in [2.75, 3.05) is 32.9 Å². The number of benzene rings is 1. The van der Waals surface area contributed by atoms with Crippen LogP contribution in [0.25, 0.3) is 0 Å². The van der Waals surface area contributed by atoms with Crippen molar-refractivity contribution in [2.45, 2.75) is 56.7 Å². The van der Waals surface area contributed by atoms with Gasteiger partial charge in [-0.1, -0.05) is 11.6 Å². The van der Waals surface area contributed by atoms with Crippen molar-refractivity contribution in [3.8, 4) is 5.75 Å². The van der Waals surface area contributed by atoms with Crippen molar-refractivity contribution in [2.24, 2.45) is 11.8 Å². The van der Waals surface area contributed by atoms with Gasteiger partial charge < -0.3 is 19.1 Å². The zero-order valence-electron chi connectivity index (χ0n) is 16.9. The Labute approximate surface area is 177 Å². The molecule has 1 aromatic rings. The Morgan fingerprint density at radius 1 is 1.14 bits per heavy atom. The minimum absolute atomic E-state index is 0.0516. The molecular weight excluding hydrogens is 390 g/mol. The van der Waals surface area contributed by atoms with Gasteiger partial charge in [-0.25, -0.2) is 0 Å². The molecular formula is C23H30ClNO4. The summed E-state index contributed by atoms with van der Waals surface area (Å²) in [4.78, 5) is 14.9. The fraction of sp³-hybridized carbons (Fsp3) is 0.696. The van der Waals surface area contributed by atoms with Crippen LogP contribution < -0.4 is 4.74 Å². The third kappa shape index (κ3) is 3.77. The summed E-state index contributed by atoms with van der Waals surface area (Å²) in [7, 11) is 0. The number of piperidine rings is 1. The highest BCUT2D eigenvalue weighted by atomic mass is 35.5. The predicted octanol–water partition coefficient (Wildman–Crippen LogP) is 4.38. The van der Waals surface area contributed by atoms with Gasteiger partial charge in [0, 0.05) is 68.7 Å². The Kier molecular flexibility index (Phi) is 5.48. The number of rotatable bonds is 2. The molecule has 1 aromatic carbocycles. The van der Waals surface area contributed by atoms with Gasteiger partial charge in [-0.15, -0.1) is 0 Å². The van der Waals surface area contributed by atoms with E-state index < -0.39 is 0 Å². The summed E-state index contributed by atoms with van der Waals surface area (Å²) in [5, 5.41) is 0.727. The van der Waals surface area contributed by atoms with Crippen molar-refractivity contribution in [3.63, 3.8) is 0 Å². The lowest BCUT2D eigenvalue weighted by atomic mass is 9.70. The molecule has 3 fully saturated rings. The Hall–Kier alpha value is -1.30. The fourth-order valence-corrected chi connectivity index (χ4v) is 5.87. The first-order valence-corrected chi connectivity index (χ1v) is 11.5. The van der Waals surface area contributed by atoms with Gasteiger partial charge in [0.05, 0.1) is 6.10 Å². The first-order valence-electron chi connectivity index (χ1n) is 11.1. The van der Waals surface area contributed by atoms with E-state index in [1.54, 1.807) is 0 Å². The van der Waals surface area contributed by atoms with Crippen LogP contribution in [0.5, 0.6) is 5.75 Å². The topological polar surface area (TPSA) is 48.0 Å². The molecule has 0 bridgehead atoms. The standard InChI is InChI=1S/C23H30ClNO4/c24-17-3-4-20-18(15-17)22-19(2-1-11-28-22)23(29-20)7-9-25(10-8-23)21(26)14-16-5-12-27-13-6-16/h3-4,15-16,19,22H,1-2,5-14H2/t19-,22+/m0/s1. The Balaban J connectivity index is 1.30. The van der Waals surface area contributed by atoms with Crippen molar-refractivity contribution in [1.29, 1.82) is 0 Å². The van der Waals surface area contributed by atoms with E-state index >= 15 is 0 Å². The summed E-state index contributed by atoms with van der Waals surface area (Å²) in [6.07, 6.45) is 6.64. The molecule has 29 heavy (non-hydrogen) atoms. The summed E-state index contributed by atoms with van der Waals surface area (Å²) in [6.45, 7) is 3.92. The van der Waals surface area contributed by atoms with Crippen LogP contribution in [0.2, 0.25) is 5.02 Å². The zero-order chi connectivity index (χ0) is 19.8. The number of carbonyl (C=O) groups excluding carboxylic acids is 1. The van der Waals surface area contributed by atoms with E-state index in [0.29, 0.717) is 24.2 Å². The molecule has 4 heterocycles. The smallest absolute Gasteiger partial charge is 0.222 e. The van der Waals surface area contributed by atoms with E-state index in [1.165, 1.54) is 0 Å². The van der Waals surface area contributed by atoms with E-state index in [9.17, 15) is 4.79 Å². The van der Waals surface area contributed by atoms with Gasteiger partial charge in [0.15, 0.2) is 0 Å². The van der Waals surface area contributed by atoms with Gasteiger partial charge in [0.25, 0.3) is 0 Å². The highest BCUT2D eigenvalue weighted by Gasteiger charge is 2.52. The Morgan fingerprint density at radius 2 is 1.93 bits per heavy atom.